The minimum Gasteiger partial charge on any atom is -0.458 e. The van der Waals surface area contributed by atoms with Crippen LogP contribution in [0.15, 0.2) is 73.8 Å². The van der Waals surface area contributed by atoms with Gasteiger partial charge in [-0.15, -0.1) is 0 Å². The van der Waals surface area contributed by atoms with Crippen LogP contribution in [0.3, 0.4) is 0 Å². The molecule has 0 saturated carbocycles. The number of hydrogen-bond acceptors (Lipinski definition) is 4. The Balaban J connectivity index is 1.90. The van der Waals surface area contributed by atoms with Crippen molar-refractivity contribution >= 4 is 11.9 Å². The minimum absolute atomic E-state index is 0.0770. The van der Waals surface area contributed by atoms with E-state index >= 15 is 0 Å². The Bertz CT molecular complexity index is 774. The monoisotopic (exact) mass is 392 g/mol. The molecule has 0 radical (unpaired) electrons. The van der Waals surface area contributed by atoms with Crippen molar-refractivity contribution in [2.75, 3.05) is 0 Å². The third kappa shape index (κ3) is 7.78. The molecule has 0 spiro atoms. The summed E-state index contributed by atoms with van der Waals surface area (Å²) in [6, 6.07) is 16.3. The molecule has 0 aliphatic carbocycles. The summed E-state index contributed by atoms with van der Waals surface area (Å²) in [5.74, 6) is -0.833. The first-order chi connectivity index (χ1) is 13.8. The second-order valence-electron chi connectivity index (χ2n) is 7.77. The van der Waals surface area contributed by atoms with Gasteiger partial charge in [-0.3, -0.25) is 0 Å². The Morgan fingerprint density at radius 2 is 1.03 bits per heavy atom. The summed E-state index contributed by atoms with van der Waals surface area (Å²) >= 11 is 0. The normalized spacial score (nSPS) is 10.8. The molecule has 0 saturated heterocycles. The van der Waals surface area contributed by atoms with Crippen LogP contribution in [0.4, 0.5) is 0 Å². The lowest BCUT2D eigenvalue weighted by Crippen LogP contribution is -2.18. The van der Waals surface area contributed by atoms with Crippen molar-refractivity contribution < 1.29 is 19.1 Å². The van der Waals surface area contributed by atoms with E-state index in [1.54, 1.807) is 0 Å². The number of hydrogen-bond donors (Lipinski definition) is 0. The van der Waals surface area contributed by atoms with E-state index < -0.39 is 11.9 Å². The van der Waals surface area contributed by atoms with Crippen LogP contribution in [-0.4, -0.2) is 11.9 Å². The van der Waals surface area contributed by atoms with Crippen molar-refractivity contribution in [1.29, 1.82) is 0 Å². The van der Waals surface area contributed by atoms with E-state index in [0.29, 0.717) is 0 Å². The molecule has 2 aromatic rings. The Morgan fingerprint density at radius 1 is 0.724 bits per heavy atom. The molecule has 152 valence electrons. The van der Waals surface area contributed by atoms with Gasteiger partial charge < -0.3 is 9.47 Å². The van der Waals surface area contributed by atoms with Crippen LogP contribution in [0.25, 0.3) is 0 Å². The number of rotatable bonds is 10. The van der Waals surface area contributed by atoms with Crippen molar-refractivity contribution in [2.24, 2.45) is 5.41 Å². The van der Waals surface area contributed by atoms with Crippen LogP contribution >= 0.6 is 0 Å². The molecule has 0 N–H and O–H groups in total. The minimum atomic E-state index is -0.417. The SMILES string of the molecule is C=CC(=O)OCc1ccc(CC(C)(C)Cc2ccc(COC(=O)C=C)cc2)cc1. The van der Waals surface area contributed by atoms with Gasteiger partial charge in [0.15, 0.2) is 0 Å². The number of carbonyl (C=O) groups excluding carboxylic acids is 2. The summed E-state index contributed by atoms with van der Waals surface area (Å²) in [5.41, 5.74) is 4.46. The molecule has 0 aromatic heterocycles. The number of carbonyl (C=O) groups is 2. The lowest BCUT2D eigenvalue weighted by Gasteiger charge is -2.25. The van der Waals surface area contributed by atoms with Crippen molar-refractivity contribution in [3.8, 4) is 0 Å². The van der Waals surface area contributed by atoms with Crippen LogP contribution in [0, 0.1) is 5.41 Å². The molecule has 0 fully saturated rings. The fourth-order valence-electron chi connectivity index (χ4n) is 3.10. The maximum atomic E-state index is 11.1. The van der Waals surface area contributed by atoms with Crippen molar-refractivity contribution in [3.63, 3.8) is 0 Å². The average Bonchev–Trinajstić information content (AvgIpc) is 2.71. The molecule has 0 aliphatic heterocycles. The van der Waals surface area contributed by atoms with E-state index in [1.807, 2.05) is 24.3 Å². The molecule has 29 heavy (non-hydrogen) atoms. The van der Waals surface area contributed by atoms with Crippen LogP contribution in [0.5, 0.6) is 0 Å². The van der Waals surface area contributed by atoms with Crippen molar-refractivity contribution in [3.05, 3.63) is 96.1 Å². The first-order valence-corrected chi connectivity index (χ1v) is 9.55. The van der Waals surface area contributed by atoms with E-state index in [2.05, 4.69) is 51.3 Å². The number of benzene rings is 2. The highest BCUT2D eigenvalue weighted by Crippen LogP contribution is 2.27. The van der Waals surface area contributed by atoms with Crippen LogP contribution in [-0.2, 0) is 45.1 Å². The van der Waals surface area contributed by atoms with Gasteiger partial charge in [0.25, 0.3) is 0 Å². The summed E-state index contributed by atoms with van der Waals surface area (Å²) in [5, 5.41) is 0. The fraction of sp³-hybridized carbons (Fsp3) is 0.280. The Labute approximate surface area is 172 Å². The van der Waals surface area contributed by atoms with Crippen molar-refractivity contribution in [1.82, 2.24) is 0 Å². The maximum Gasteiger partial charge on any atom is 0.330 e. The van der Waals surface area contributed by atoms with Crippen molar-refractivity contribution in [2.45, 2.75) is 39.9 Å². The summed E-state index contributed by atoms with van der Waals surface area (Å²) in [7, 11) is 0. The van der Waals surface area contributed by atoms with E-state index in [9.17, 15) is 9.59 Å². The lowest BCUT2D eigenvalue weighted by atomic mass is 9.80. The van der Waals surface area contributed by atoms with Gasteiger partial charge in [0.05, 0.1) is 0 Å². The predicted molar refractivity (Wildman–Crippen MR) is 114 cm³/mol. The van der Waals surface area contributed by atoms with Gasteiger partial charge in [-0.2, -0.15) is 0 Å². The third-order valence-corrected chi connectivity index (χ3v) is 4.51. The largest absolute Gasteiger partial charge is 0.458 e. The molecular weight excluding hydrogens is 364 g/mol. The maximum absolute atomic E-state index is 11.1. The smallest absolute Gasteiger partial charge is 0.330 e. The van der Waals surface area contributed by atoms with E-state index in [1.165, 1.54) is 11.1 Å². The van der Waals surface area contributed by atoms with E-state index in [-0.39, 0.29) is 18.6 Å². The molecular formula is C25H28O4. The Kier molecular flexibility index (Phi) is 7.96. The zero-order chi connectivity index (χ0) is 21.3. The van der Waals surface area contributed by atoms with Crippen LogP contribution in [0.1, 0.15) is 36.1 Å². The lowest BCUT2D eigenvalue weighted by molar-refractivity contribution is -0.139. The zero-order valence-electron chi connectivity index (χ0n) is 17.1. The van der Waals surface area contributed by atoms with E-state index in [0.717, 1.165) is 36.1 Å². The average molecular weight is 392 g/mol. The van der Waals surface area contributed by atoms with Gasteiger partial charge in [-0.1, -0.05) is 75.5 Å². The first kappa shape index (κ1) is 22.2. The van der Waals surface area contributed by atoms with Gasteiger partial charge in [-0.05, 0) is 40.5 Å². The summed E-state index contributed by atoms with van der Waals surface area (Å²) in [6.45, 7) is 11.8. The zero-order valence-corrected chi connectivity index (χ0v) is 17.1. The molecule has 0 amide bonds. The highest BCUT2D eigenvalue weighted by Gasteiger charge is 2.19. The standard InChI is InChI=1S/C25H28O4/c1-5-23(26)28-17-21-11-7-19(8-12-21)15-25(3,4)16-20-9-13-22(14-10-20)18-29-24(27)6-2/h5-14H,1-2,15-18H2,3-4H3. The first-order valence-electron chi connectivity index (χ1n) is 9.55. The second-order valence-corrected chi connectivity index (χ2v) is 7.77. The van der Waals surface area contributed by atoms with Crippen LogP contribution < -0.4 is 0 Å². The summed E-state index contributed by atoms with van der Waals surface area (Å²) in [6.07, 6.45) is 4.19. The molecule has 0 unspecified atom stereocenters. The highest BCUT2D eigenvalue weighted by atomic mass is 16.5. The number of ether oxygens (including phenoxy) is 2. The van der Waals surface area contributed by atoms with E-state index in [4.69, 9.17) is 9.47 Å². The summed E-state index contributed by atoms with van der Waals surface area (Å²) in [4.78, 5) is 22.3. The molecule has 2 rings (SSSR count). The van der Waals surface area contributed by atoms with Gasteiger partial charge >= 0.3 is 11.9 Å². The topological polar surface area (TPSA) is 52.6 Å². The molecule has 0 bridgehead atoms. The highest BCUT2D eigenvalue weighted by molar-refractivity contribution is 5.81. The predicted octanol–water partition coefficient (Wildman–Crippen LogP) is 4.96. The molecule has 0 aliphatic rings. The molecule has 0 atom stereocenters. The van der Waals surface area contributed by atoms with Gasteiger partial charge in [0.2, 0.25) is 0 Å². The Hall–Kier alpha value is -3.14. The quantitative estimate of drug-likeness (QED) is 0.424. The third-order valence-electron chi connectivity index (χ3n) is 4.51. The summed E-state index contributed by atoms with van der Waals surface area (Å²) < 4.78 is 10.1. The molecule has 0 heterocycles. The molecule has 4 heteroatoms. The molecule has 4 nitrogen and oxygen atoms in total. The Morgan fingerprint density at radius 3 is 1.34 bits per heavy atom. The second kappa shape index (κ2) is 10.4. The number of esters is 2. The van der Waals surface area contributed by atoms with Gasteiger partial charge in [0.1, 0.15) is 13.2 Å². The van der Waals surface area contributed by atoms with Crippen LogP contribution in [0.2, 0.25) is 0 Å². The van der Waals surface area contributed by atoms with Gasteiger partial charge in [-0.25, -0.2) is 9.59 Å². The van der Waals surface area contributed by atoms with Gasteiger partial charge in [0, 0.05) is 12.2 Å². The fourth-order valence-corrected chi connectivity index (χ4v) is 3.10. The molecule has 2 aromatic carbocycles.